The average molecular weight is 564 g/mol. The Morgan fingerprint density at radius 1 is 1.23 bits per heavy atom. The van der Waals surface area contributed by atoms with E-state index in [0.717, 1.165) is 43.1 Å². The number of anilines is 1. The summed E-state index contributed by atoms with van der Waals surface area (Å²) >= 11 is 1.59. The molecule has 0 spiro atoms. The fraction of sp³-hybridized carbons (Fsp3) is 0.444. The molecule has 0 unspecified atom stereocenters. The van der Waals surface area contributed by atoms with E-state index in [1.165, 1.54) is 6.33 Å². The molecule has 12 nitrogen and oxygen atoms in total. The summed E-state index contributed by atoms with van der Waals surface area (Å²) in [6.45, 7) is 10.7. The van der Waals surface area contributed by atoms with E-state index in [0.29, 0.717) is 44.1 Å². The highest BCUT2D eigenvalue weighted by Crippen LogP contribution is 2.44. The lowest BCUT2D eigenvalue weighted by atomic mass is 10.1. The van der Waals surface area contributed by atoms with Crippen molar-refractivity contribution in [3.05, 3.63) is 51.8 Å². The van der Waals surface area contributed by atoms with Gasteiger partial charge in [-0.05, 0) is 61.9 Å². The van der Waals surface area contributed by atoms with Crippen LogP contribution in [0.2, 0.25) is 0 Å². The van der Waals surface area contributed by atoms with E-state index < -0.39 is 5.60 Å². The number of aryl methyl sites for hydroxylation is 1. The molecule has 40 heavy (non-hydrogen) atoms. The Morgan fingerprint density at radius 2 is 1.98 bits per heavy atom. The summed E-state index contributed by atoms with van der Waals surface area (Å²) in [5.74, 6) is 1.15. The molecule has 0 bridgehead atoms. The maximum absolute atomic E-state index is 12.6. The van der Waals surface area contributed by atoms with Crippen molar-refractivity contribution in [3.63, 3.8) is 0 Å². The average Bonchev–Trinajstić information content (AvgIpc) is 3.46. The number of nitrogen functional groups attached to an aromatic ring is 1. The van der Waals surface area contributed by atoms with Gasteiger partial charge >= 0.3 is 6.09 Å². The zero-order valence-electron chi connectivity index (χ0n) is 23.3. The maximum Gasteiger partial charge on any atom is 0.410 e. The SMILES string of the molecule is COc1cc(C)cc2cc(-c3c(CN=[N+]=[N-])c(CN4CCN(C(=O)OC(C)(C)C)CC4)n4ncnc(N)c34)sc12. The molecule has 0 radical (unpaired) electrons. The highest BCUT2D eigenvalue weighted by atomic mass is 32.1. The van der Waals surface area contributed by atoms with Gasteiger partial charge in [0.1, 0.15) is 23.2 Å². The highest BCUT2D eigenvalue weighted by molar-refractivity contribution is 7.22. The van der Waals surface area contributed by atoms with Gasteiger partial charge in [0.05, 0.1) is 24.0 Å². The van der Waals surface area contributed by atoms with Crippen molar-refractivity contribution in [2.45, 2.75) is 46.4 Å². The maximum atomic E-state index is 12.6. The van der Waals surface area contributed by atoms with E-state index in [1.807, 2.05) is 38.3 Å². The van der Waals surface area contributed by atoms with E-state index in [9.17, 15) is 10.3 Å². The molecule has 0 atom stereocenters. The standard InChI is InChI=1S/C27H33N9O3S/c1-16-10-17-12-21(40-24(17)20(11-16)38-5)22-18(13-31-33-29)19(36-23(22)25(28)30-15-32-36)14-34-6-8-35(9-7-34)26(37)39-27(2,3)4/h10-12,15H,6-9,13-14H2,1-5H3,(H2,28,30,32). The minimum atomic E-state index is -0.541. The number of hydrogen-bond acceptors (Lipinski definition) is 9. The lowest BCUT2D eigenvalue weighted by Gasteiger charge is -2.35. The first kappa shape index (κ1) is 27.5. The summed E-state index contributed by atoms with van der Waals surface area (Å²) in [6, 6.07) is 6.25. The summed E-state index contributed by atoms with van der Waals surface area (Å²) in [6.07, 6.45) is 1.13. The second kappa shape index (κ2) is 10.8. The van der Waals surface area contributed by atoms with Crippen molar-refractivity contribution in [2.75, 3.05) is 39.0 Å². The molecule has 210 valence electrons. The molecule has 0 aliphatic carbocycles. The van der Waals surface area contributed by atoms with Crippen molar-refractivity contribution >= 4 is 38.9 Å². The van der Waals surface area contributed by atoms with Crippen molar-refractivity contribution in [3.8, 4) is 16.2 Å². The van der Waals surface area contributed by atoms with Crippen LogP contribution in [-0.4, -0.2) is 69.4 Å². The van der Waals surface area contributed by atoms with Gasteiger partial charge in [-0.2, -0.15) is 5.10 Å². The molecule has 0 saturated carbocycles. The number of carbonyl (C=O) groups excluding carboxylic acids is 1. The topological polar surface area (TPSA) is 147 Å². The van der Waals surface area contributed by atoms with Gasteiger partial charge in [-0.15, -0.1) is 11.3 Å². The molecule has 1 aliphatic heterocycles. The largest absolute Gasteiger partial charge is 0.495 e. The molecule has 5 rings (SSSR count). The van der Waals surface area contributed by atoms with Crippen LogP contribution in [0.3, 0.4) is 0 Å². The first-order valence-corrected chi connectivity index (χ1v) is 13.8. The minimum absolute atomic E-state index is 0.131. The van der Waals surface area contributed by atoms with Gasteiger partial charge in [-0.25, -0.2) is 14.3 Å². The summed E-state index contributed by atoms with van der Waals surface area (Å²) < 4.78 is 14.0. The number of piperazine rings is 1. The highest BCUT2D eigenvalue weighted by Gasteiger charge is 2.29. The van der Waals surface area contributed by atoms with Crippen molar-refractivity contribution in [1.29, 1.82) is 0 Å². The zero-order valence-corrected chi connectivity index (χ0v) is 24.2. The number of fused-ring (bicyclic) bond motifs is 2. The summed E-state index contributed by atoms with van der Waals surface area (Å²) in [7, 11) is 1.67. The monoisotopic (exact) mass is 563 g/mol. The number of methoxy groups -OCH3 is 1. The number of carbonyl (C=O) groups is 1. The van der Waals surface area contributed by atoms with Crippen LogP contribution in [0.1, 0.15) is 37.6 Å². The molecule has 4 heterocycles. The zero-order chi connectivity index (χ0) is 28.6. The molecule has 1 saturated heterocycles. The van der Waals surface area contributed by atoms with Gasteiger partial charge < -0.3 is 20.1 Å². The number of hydrogen-bond donors (Lipinski definition) is 1. The minimum Gasteiger partial charge on any atom is -0.495 e. The number of amides is 1. The Labute approximate surface area is 235 Å². The van der Waals surface area contributed by atoms with Gasteiger partial charge in [-0.3, -0.25) is 4.90 Å². The molecule has 1 fully saturated rings. The van der Waals surface area contributed by atoms with E-state index in [-0.39, 0.29) is 12.6 Å². The lowest BCUT2D eigenvalue weighted by Crippen LogP contribution is -2.49. The third-order valence-corrected chi connectivity index (χ3v) is 8.03. The Morgan fingerprint density at radius 3 is 2.65 bits per heavy atom. The molecule has 13 heteroatoms. The molecule has 1 aliphatic rings. The van der Waals surface area contributed by atoms with Crippen molar-refractivity contribution in [1.82, 2.24) is 24.4 Å². The fourth-order valence-corrected chi connectivity index (χ4v) is 6.29. The Bertz CT molecular complexity index is 1620. The molecule has 2 N–H and O–H groups in total. The predicted molar refractivity (Wildman–Crippen MR) is 155 cm³/mol. The first-order chi connectivity index (χ1) is 19.1. The van der Waals surface area contributed by atoms with Crippen molar-refractivity contribution in [2.24, 2.45) is 5.11 Å². The third-order valence-electron chi connectivity index (χ3n) is 6.84. The number of nitrogens with zero attached hydrogens (tertiary/aromatic N) is 8. The van der Waals surface area contributed by atoms with E-state index in [4.69, 9.17) is 15.2 Å². The Balaban J connectivity index is 1.55. The molecule has 1 aromatic carbocycles. The Hall–Kier alpha value is -4.06. The first-order valence-electron chi connectivity index (χ1n) is 13.0. The normalized spacial score (nSPS) is 14.5. The molecular weight excluding hydrogens is 530 g/mol. The number of nitrogens with two attached hydrogens (primary N) is 1. The van der Waals surface area contributed by atoms with Crippen LogP contribution in [-0.2, 0) is 17.8 Å². The summed E-state index contributed by atoms with van der Waals surface area (Å²) in [5, 5.41) is 9.57. The number of azide groups is 1. The number of aromatic nitrogens is 3. The number of thiophene rings is 1. The van der Waals surface area contributed by atoms with Gasteiger partial charge in [0.25, 0.3) is 0 Å². The number of benzene rings is 1. The van der Waals surface area contributed by atoms with Gasteiger partial charge in [0.2, 0.25) is 0 Å². The molecule has 3 aromatic heterocycles. The van der Waals surface area contributed by atoms with E-state index >= 15 is 0 Å². The van der Waals surface area contributed by atoms with Gasteiger partial charge in [0, 0.05) is 48.1 Å². The quantitative estimate of drug-likeness (QED) is 0.188. The van der Waals surface area contributed by atoms with Crippen LogP contribution in [0.4, 0.5) is 10.6 Å². The van der Waals surface area contributed by atoms with Crippen molar-refractivity contribution < 1.29 is 14.3 Å². The van der Waals surface area contributed by atoms with E-state index in [1.54, 1.807) is 23.3 Å². The van der Waals surface area contributed by atoms with Crippen LogP contribution in [0, 0.1) is 6.92 Å². The molecular formula is C27H33N9O3S. The van der Waals surface area contributed by atoms with Gasteiger partial charge in [-0.1, -0.05) is 11.2 Å². The van der Waals surface area contributed by atoms with Crippen LogP contribution in [0.25, 0.3) is 36.5 Å². The van der Waals surface area contributed by atoms with Crippen LogP contribution in [0.15, 0.2) is 29.6 Å². The predicted octanol–water partition coefficient (Wildman–Crippen LogP) is 5.37. The Kier molecular flexibility index (Phi) is 7.45. The third kappa shape index (κ3) is 5.35. The van der Waals surface area contributed by atoms with Crippen LogP contribution in [0.5, 0.6) is 5.75 Å². The van der Waals surface area contributed by atoms with Crippen LogP contribution >= 0.6 is 11.3 Å². The summed E-state index contributed by atoms with van der Waals surface area (Å²) in [4.78, 5) is 24.8. The second-order valence-corrected chi connectivity index (χ2v) is 11.9. The van der Waals surface area contributed by atoms with Crippen LogP contribution < -0.4 is 10.5 Å². The number of ether oxygens (including phenoxy) is 2. The van der Waals surface area contributed by atoms with Gasteiger partial charge in [0.15, 0.2) is 5.82 Å². The number of rotatable bonds is 6. The second-order valence-electron chi connectivity index (χ2n) is 10.8. The lowest BCUT2D eigenvalue weighted by molar-refractivity contribution is 0.0137. The summed E-state index contributed by atoms with van der Waals surface area (Å²) in [5.41, 5.74) is 19.5. The molecule has 1 amide bonds. The molecule has 4 aromatic rings. The smallest absolute Gasteiger partial charge is 0.410 e. The fourth-order valence-electron chi connectivity index (χ4n) is 5.09. The van der Waals surface area contributed by atoms with E-state index in [2.05, 4.69) is 37.1 Å².